The summed E-state index contributed by atoms with van der Waals surface area (Å²) in [6.07, 6.45) is 4.90. The van der Waals surface area contributed by atoms with E-state index in [1.165, 1.54) is 30.5 Å². The fraction of sp³-hybridized carbons (Fsp3) is 0.0294. The van der Waals surface area contributed by atoms with E-state index in [4.69, 9.17) is 14.5 Å². The highest BCUT2D eigenvalue weighted by Gasteiger charge is 2.09. The summed E-state index contributed by atoms with van der Waals surface area (Å²) in [5.74, 6) is -0.704. The maximum absolute atomic E-state index is 13.3. The third kappa shape index (κ3) is 9.59. The smallest absolute Gasteiger partial charge is 0.535 e. The van der Waals surface area contributed by atoms with E-state index in [1.54, 1.807) is 60.9 Å². The largest absolute Gasteiger partial charge is 0.569 e. The number of furan rings is 1. The molecule has 8 nitrogen and oxygen atoms in total. The van der Waals surface area contributed by atoms with Gasteiger partial charge in [-0.15, -0.1) is 0 Å². The number of aromatic hydroxyl groups is 2. The molecule has 46 heavy (non-hydrogen) atoms. The summed E-state index contributed by atoms with van der Waals surface area (Å²) >= 11 is 3.03. The molecule has 0 saturated carbocycles. The molecule has 0 aliphatic heterocycles. The summed E-state index contributed by atoms with van der Waals surface area (Å²) in [6.45, 7) is 0. The molecule has 4 heterocycles. The second-order valence-electron chi connectivity index (χ2n) is 8.77. The van der Waals surface area contributed by atoms with Crippen LogP contribution in [-0.4, -0.2) is 37.9 Å². The average molecular weight is 687 g/mol. The molecule has 3 N–H and O–H groups in total. The summed E-state index contributed by atoms with van der Waals surface area (Å²) in [5.41, 5.74) is 3.27. The van der Waals surface area contributed by atoms with Crippen molar-refractivity contribution in [1.29, 1.82) is 0 Å². The van der Waals surface area contributed by atoms with E-state index in [2.05, 4.69) is 35.5 Å². The monoisotopic (exact) mass is 686 g/mol. The summed E-state index contributed by atoms with van der Waals surface area (Å²) in [6, 6.07) is 30.1. The first-order valence-electron chi connectivity index (χ1n) is 13.2. The van der Waals surface area contributed by atoms with Crippen LogP contribution in [-0.2, 0) is 0 Å². The fourth-order valence-electron chi connectivity index (χ4n) is 3.78. The number of fused-ring (bicyclic) bond motifs is 3. The molecule has 12 heteroatoms. The van der Waals surface area contributed by atoms with Crippen LogP contribution in [0.15, 0.2) is 137 Å². The molecule has 0 aliphatic carbocycles. The molecular weight excluding hydrogens is 659 g/mol. The van der Waals surface area contributed by atoms with E-state index < -0.39 is 5.82 Å². The zero-order valence-corrected chi connectivity index (χ0v) is 24.9. The van der Waals surface area contributed by atoms with Crippen LogP contribution in [0.5, 0.6) is 17.2 Å². The molecule has 3 aromatic carbocycles. The van der Waals surface area contributed by atoms with Gasteiger partial charge in [-0.25, -0.2) is 13.8 Å². The number of pyridine rings is 3. The molecule has 233 valence electrons. The highest BCUT2D eigenvalue weighted by molar-refractivity contribution is 9.10. The number of rotatable bonds is 3. The Bertz CT molecular complexity index is 1860. The second-order valence-corrected chi connectivity index (χ2v) is 9.52. The zero-order chi connectivity index (χ0) is 32.0. The standard InChI is InChI=1S/C11H8FNO.C11H7NO.C6H5BFO2.C5H4BrNO.CH4/c12-9-5-2-1-4-8(9)11-10(14)6-3-7-13-11;1-2-5-9-8(4-1)11-10(13-9)6-3-7-12-11;8-5-3-1-2-4-6(5)10-7-9;6-5-4(8)2-1-3-7-5;/h1-7,14H;1-7H;1-4,9H;1-3,8H;1H4. The van der Waals surface area contributed by atoms with Gasteiger partial charge in [0, 0.05) is 29.5 Å². The molecule has 7 aromatic rings. The summed E-state index contributed by atoms with van der Waals surface area (Å²) in [4.78, 5) is 11.9. The van der Waals surface area contributed by atoms with Gasteiger partial charge in [-0.1, -0.05) is 43.8 Å². The third-order valence-electron chi connectivity index (χ3n) is 5.80. The highest BCUT2D eigenvalue weighted by atomic mass is 79.9. The number of benzene rings is 3. The lowest BCUT2D eigenvalue weighted by atomic mass is 10.1. The van der Waals surface area contributed by atoms with Gasteiger partial charge < -0.3 is 24.3 Å². The maximum Gasteiger partial charge on any atom is 0.569 e. The lowest BCUT2D eigenvalue weighted by Gasteiger charge is -2.03. The van der Waals surface area contributed by atoms with Crippen molar-refractivity contribution in [3.05, 3.63) is 144 Å². The van der Waals surface area contributed by atoms with Crippen molar-refractivity contribution in [1.82, 2.24) is 15.0 Å². The SMILES string of the molecule is C.O[B]Oc1ccccc1F.Oc1cccnc1-c1ccccc1F.Oc1cccnc1Br.c1ccc2c(c1)oc1cccnc12. The van der Waals surface area contributed by atoms with E-state index in [1.807, 2.05) is 36.4 Å². The first kappa shape index (κ1) is 35.2. The lowest BCUT2D eigenvalue weighted by Crippen LogP contribution is -2.00. The van der Waals surface area contributed by atoms with Crippen LogP contribution in [0.4, 0.5) is 8.78 Å². The molecule has 0 unspecified atom stereocenters. The van der Waals surface area contributed by atoms with Gasteiger partial charge in [0.05, 0.1) is 0 Å². The van der Waals surface area contributed by atoms with Crippen molar-refractivity contribution in [3.8, 4) is 28.5 Å². The van der Waals surface area contributed by atoms with Crippen LogP contribution in [0.25, 0.3) is 33.3 Å². The molecule has 4 aromatic heterocycles. The van der Waals surface area contributed by atoms with Crippen molar-refractivity contribution < 1.29 is 33.1 Å². The van der Waals surface area contributed by atoms with Crippen LogP contribution < -0.4 is 4.65 Å². The van der Waals surface area contributed by atoms with E-state index in [0.29, 0.717) is 17.9 Å². The van der Waals surface area contributed by atoms with Gasteiger partial charge in [0.15, 0.2) is 11.4 Å². The minimum Gasteiger partial charge on any atom is -0.535 e. The summed E-state index contributed by atoms with van der Waals surface area (Å²) < 4.78 is 36.3. The summed E-state index contributed by atoms with van der Waals surface area (Å²) in [7, 11) is 0.443. The van der Waals surface area contributed by atoms with Crippen LogP contribution in [0.3, 0.4) is 0 Å². The number of nitrogens with zero attached hydrogens (tertiary/aromatic N) is 3. The van der Waals surface area contributed by atoms with Gasteiger partial charge in [-0.2, -0.15) is 0 Å². The van der Waals surface area contributed by atoms with Crippen molar-refractivity contribution in [2.75, 3.05) is 0 Å². The Morgan fingerprint density at radius 1 is 0.652 bits per heavy atom. The van der Waals surface area contributed by atoms with Crippen molar-refractivity contribution in [2.24, 2.45) is 0 Å². The van der Waals surface area contributed by atoms with E-state index >= 15 is 0 Å². The molecule has 0 bridgehead atoms. The Hall–Kier alpha value is -5.33. The van der Waals surface area contributed by atoms with Crippen molar-refractivity contribution in [3.63, 3.8) is 0 Å². The quantitative estimate of drug-likeness (QED) is 0.125. The fourth-order valence-corrected chi connectivity index (χ4v) is 4.03. The molecule has 0 atom stereocenters. The van der Waals surface area contributed by atoms with E-state index in [9.17, 15) is 13.9 Å². The van der Waals surface area contributed by atoms with Crippen LogP contribution in [0, 0.1) is 11.6 Å². The molecular formula is C34H28BBrF2N3O5. The predicted octanol–water partition coefficient (Wildman–Crippen LogP) is 8.49. The van der Waals surface area contributed by atoms with Gasteiger partial charge in [0.25, 0.3) is 0 Å². The Morgan fingerprint density at radius 2 is 1.24 bits per heavy atom. The van der Waals surface area contributed by atoms with Crippen LogP contribution in [0.1, 0.15) is 7.43 Å². The minimum absolute atomic E-state index is 0. The second kappa shape index (κ2) is 17.8. The van der Waals surface area contributed by atoms with E-state index in [-0.39, 0.29) is 36.2 Å². The van der Waals surface area contributed by atoms with Crippen LogP contribution >= 0.6 is 15.9 Å². The third-order valence-corrected chi connectivity index (χ3v) is 6.41. The van der Waals surface area contributed by atoms with Gasteiger partial charge in [-0.3, -0.25) is 9.97 Å². The molecule has 1 radical (unpaired) electrons. The van der Waals surface area contributed by atoms with Gasteiger partial charge in [0.1, 0.15) is 44.5 Å². The lowest BCUT2D eigenvalue weighted by molar-refractivity contribution is 0.431. The average Bonchev–Trinajstić information content (AvgIpc) is 3.44. The molecule has 7 rings (SSSR count). The molecule has 0 amide bonds. The topological polar surface area (TPSA) is 122 Å². The highest BCUT2D eigenvalue weighted by Crippen LogP contribution is 2.28. The summed E-state index contributed by atoms with van der Waals surface area (Å²) in [5, 5.41) is 27.5. The van der Waals surface area contributed by atoms with Crippen molar-refractivity contribution in [2.45, 2.75) is 7.43 Å². The number of hydrogen-bond donors (Lipinski definition) is 3. The molecule has 0 fully saturated rings. The number of halogens is 3. The molecule has 0 saturated heterocycles. The zero-order valence-electron chi connectivity index (χ0n) is 23.3. The van der Waals surface area contributed by atoms with E-state index in [0.717, 1.165) is 22.1 Å². The van der Waals surface area contributed by atoms with Crippen molar-refractivity contribution >= 4 is 45.7 Å². The van der Waals surface area contributed by atoms with Crippen LogP contribution in [0.2, 0.25) is 0 Å². The molecule has 0 spiro atoms. The predicted molar refractivity (Wildman–Crippen MR) is 178 cm³/mol. The normalized spacial score (nSPS) is 9.74. The number of para-hydroxylation sites is 2. The Balaban J connectivity index is 0.000000169. The minimum atomic E-state index is -0.493. The Morgan fingerprint density at radius 3 is 1.89 bits per heavy atom. The van der Waals surface area contributed by atoms with Gasteiger partial charge >= 0.3 is 7.69 Å². The molecule has 0 aliphatic rings. The maximum atomic E-state index is 13.3. The number of aromatic nitrogens is 3. The first-order valence-corrected chi connectivity index (χ1v) is 14.0. The first-order chi connectivity index (χ1) is 21.9. The Labute approximate surface area is 273 Å². The Kier molecular flexibility index (Phi) is 13.6. The van der Waals surface area contributed by atoms with Gasteiger partial charge in [-0.05, 0) is 88.7 Å². The number of hydrogen-bond acceptors (Lipinski definition) is 8. The van der Waals surface area contributed by atoms with Gasteiger partial charge in [0.2, 0.25) is 0 Å².